The molecule has 2 nitrogen and oxygen atoms in total. The van der Waals surface area contributed by atoms with Crippen LogP contribution in [-0.4, -0.2) is 12.6 Å². The van der Waals surface area contributed by atoms with E-state index in [4.69, 9.17) is 10.5 Å². The van der Waals surface area contributed by atoms with Crippen LogP contribution in [0, 0.1) is 13.8 Å². The lowest BCUT2D eigenvalue weighted by Gasteiger charge is -2.09. The first-order valence-electron chi connectivity index (χ1n) is 4.99. The van der Waals surface area contributed by atoms with Gasteiger partial charge in [-0.3, -0.25) is 0 Å². The van der Waals surface area contributed by atoms with Crippen LogP contribution in [0.3, 0.4) is 0 Å². The Morgan fingerprint density at radius 3 is 2.64 bits per heavy atom. The third-order valence-electron chi connectivity index (χ3n) is 2.14. The molecule has 0 aliphatic carbocycles. The maximum absolute atomic E-state index is 5.59. The molecule has 2 heteroatoms. The molecular formula is C12H19NO. The highest BCUT2D eigenvalue weighted by Crippen LogP contribution is 2.11. The Balaban J connectivity index is 2.51. The average molecular weight is 193 g/mol. The Bertz CT molecular complexity index is 294. The molecule has 0 bridgehead atoms. The summed E-state index contributed by atoms with van der Waals surface area (Å²) in [5.41, 5.74) is 9.42. The lowest BCUT2D eigenvalue weighted by atomic mass is 10.1. The molecule has 1 unspecified atom stereocenters. The highest BCUT2D eigenvalue weighted by molar-refractivity contribution is 5.29. The van der Waals surface area contributed by atoms with Gasteiger partial charge in [0, 0.05) is 6.04 Å². The molecule has 0 saturated heterocycles. The molecule has 0 radical (unpaired) electrons. The van der Waals surface area contributed by atoms with E-state index in [0.717, 1.165) is 0 Å². The predicted molar refractivity (Wildman–Crippen MR) is 59.2 cm³/mol. The van der Waals surface area contributed by atoms with Crippen LogP contribution in [0.2, 0.25) is 0 Å². The van der Waals surface area contributed by atoms with Crippen molar-refractivity contribution in [2.75, 3.05) is 6.61 Å². The van der Waals surface area contributed by atoms with Gasteiger partial charge in [-0.1, -0.05) is 23.8 Å². The minimum atomic E-state index is 0.112. The van der Waals surface area contributed by atoms with Crippen molar-refractivity contribution in [2.24, 2.45) is 5.73 Å². The molecule has 0 fully saturated rings. The van der Waals surface area contributed by atoms with E-state index in [0.29, 0.717) is 13.2 Å². The highest BCUT2D eigenvalue weighted by atomic mass is 16.5. The summed E-state index contributed by atoms with van der Waals surface area (Å²) in [5.74, 6) is 0. The van der Waals surface area contributed by atoms with E-state index in [9.17, 15) is 0 Å². The standard InChI is InChI=1S/C12H19NO/c1-9-4-5-12(10(2)6-9)8-14-7-11(3)13/h4-6,11H,7-8,13H2,1-3H3. The Morgan fingerprint density at radius 2 is 2.07 bits per heavy atom. The molecule has 0 spiro atoms. The molecule has 0 aromatic heterocycles. The van der Waals surface area contributed by atoms with Gasteiger partial charge in [-0.05, 0) is 31.9 Å². The molecule has 1 atom stereocenters. The maximum atomic E-state index is 5.59. The second-order valence-electron chi connectivity index (χ2n) is 3.92. The lowest BCUT2D eigenvalue weighted by molar-refractivity contribution is 0.111. The predicted octanol–water partition coefficient (Wildman–Crippen LogP) is 2.17. The van der Waals surface area contributed by atoms with Crippen LogP contribution < -0.4 is 5.73 Å². The number of nitrogens with two attached hydrogens (primary N) is 1. The first-order chi connectivity index (χ1) is 6.59. The van der Waals surface area contributed by atoms with Crippen LogP contribution in [0.25, 0.3) is 0 Å². The minimum absolute atomic E-state index is 0.112. The quantitative estimate of drug-likeness (QED) is 0.795. The zero-order chi connectivity index (χ0) is 10.6. The van der Waals surface area contributed by atoms with Crippen LogP contribution in [0.5, 0.6) is 0 Å². The van der Waals surface area contributed by atoms with Gasteiger partial charge in [0.05, 0.1) is 13.2 Å². The number of aryl methyl sites for hydroxylation is 2. The van der Waals surface area contributed by atoms with Crippen molar-refractivity contribution >= 4 is 0 Å². The summed E-state index contributed by atoms with van der Waals surface area (Å²) in [5, 5.41) is 0. The van der Waals surface area contributed by atoms with Gasteiger partial charge in [0.2, 0.25) is 0 Å². The molecule has 0 aliphatic rings. The third-order valence-corrected chi connectivity index (χ3v) is 2.14. The number of benzene rings is 1. The Hall–Kier alpha value is -0.860. The molecular weight excluding hydrogens is 174 g/mol. The first kappa shape index (κ1) is 11.2. The summed E-state index contributed by atoms with van der Waals surface area (Å²) in [7, 11) is 0. The second-order valence-corrected chi connectivity index (χ2v) is 3.92. The molecule has 0 aliphatic heterocycles. The van der Waals surface area contributed by atoms with Gasteiger partial charge >= 0.3 is 0 Å². The fourth-order valence-corrected chi connectivity index (χ4v) is 1.36. The van der Waals surface area contributed by atoms with E-state index in [2.05, 4.69) is 32.0 Å². The summed E-state index contributed by atoms with van der Waals surface area (Å²) >= 11 is 0. The highest BCUT2D eigenvalue weighted by Gasteiger charge is 1.99. The monoisotopic (exact) mass is 193 g/mol. The van der Waals surface area contributed by atoms with Gasteiger partial charge in [0.1, 0.15) is 0 Å². The number of hydrogen-bond donors (Lipinski definition) is 1. The van der Waals surface area contributed by atoms with E-state index >= 15 is 0 Å². The van der Waals surface area contributed by atoms with Gasteiger partial charge in [-0.15, -0.1) is 0 Å². The fraction of sp³-hybridized carbons (Fsp3) is 0.500. The lowest BCUT2D eigenvalue weighted by Crippen LogP contribution is -2.21. The summed E-state index contributed by atoms with van der Waals surface area (Å²) in [4.78, 5) is 0. The molecule has 78 valence electrons. The van der Waals surface area contributed by atoms with Crippen molar-refractivity contribution in [2.45, 2.75) is 33.4 Å². The van der Waals surface area contributed by atoms with Crippen molar-refractivity contribution in [1.82, 2.24) is 0 Å². The topological polar surface area (TPSA) is 35.2 Å². The summed E-state index contributed by atoms with van der Waals surface area (Å²) in [6.45, 7) is 7.43. The molecule has 0 saturated carbocycles. The Morgan fingerprint density at radius 1 is 1.36 bits per heavy atom. The Kier molecular flexibility index (Phi) is 4.11. The average Bonchev–Trinajstić information content (AvgIpc) is 2.08. The second kappa shape index (κ2) is 5.13. The summed E-state index contributed by atoms with van der Waals surface area (Å²) < 4.78 is 5.48. The zero-order valence-electron chi connectivity index (χ0n) is 9.21. The van der Waals surface area contributed by atoms with Gasteiger partial charge in [0.25, 0.3) is 0 Å². The number of hydrogen-bond acceptors (Lipinski definition) is 2. The minimum Gasteiger partial charge on any atom is -0.375 e. The fourth-order valence-electron chi connectivity index (χ4n) is 1.36. The van der Waals surface area contributed by atoms with Gasteiger partial charge in [-0.25, -0.2) is 0 Å². The van der Waals surface area contributed by atoms with Gasteiger partial charge in [0.15, 0.2) is 0 Å². The third kappa shape index (κ3) is 3.48. The van der Waals surface area contributed by atoms with E-state index < -0.39 is 0 Å². The largest absolute Gasteiger partial charge is 0.375 e. The number of ether oxygens (including phenoxy) is 1. The van der Waals surface area contributed by atoms with Crippen molar-refractivity contribution in [1.29, 1.82) is 0 Å². The van der Waals surface area contributed by atoms with E-state index in [1.54, 1.807) is 0 Å². The van der Waals surface area contributed by atoms with Gasteiger partial charge in [-0.2, -0.15) is 0 Å². The summed E-state index contributed by atoms with van der Waals surface area (Å²) in [6, 6.07) is 6.51. The van der Waals surface area contributed by atoms with E-state index in [1.807, 2.05) is 6.92 Å². The normalized spacial score (nSPS) is 12.9. The van der Waals surface area contributed by atoms with Crippen molar-refractivity contribution in [3.63, 3.8) is 0 Å². The van der Waals surface area contributed by atoms with E-state index in [-0.39, 0.29) is 6.04 Å². The molecule has 0 heterocycles. The molecule has 1 rings (SSSR count). The summed E-state index contributed by atoms with van der Waals surface area (Å²) in [6.07, 6.45) is 0. The first-order valence-corrected chi connectivity index (χ1v) is 4.99. The number of rotatable bonds is 4. The maximum Gasteiger partial charge on any atom is 0.0720 e. The SMILES string of the molecule is Cc1ccc(COCC(C)N)c(C)c1. The van der Waals surface area contributed by atoms with Crippen LogP contribution in [-0.2, 0) is 11.3 Å². The molecule has 14 heavy (non-hydrogen) atoms. The molecule has 1 aromatic carbocycles. The zero-order valence-corrected chi connectivity index (χ0v) is 9.21. The van der Waals surface area contributed by atoms with Crippen LogP contribution in [0.1, 0.15) is 23.6 Å². The van der Waals surface area contributed by atoms with Crippen LogP contribution in [0.4, 0.5) is 0 Å². The molecule has 0 amide bonds. The smallest absolute Gasteiger partial charge is 0.0720 e. The Labute approximate surface area is 86.1 Å². The van der Waals surface area contributed by atoms with Gasteiger partial charge < -0.3 is 10.5 Å². The van der Waals surface area contributed by atoms with Crippen molar-refractivity contribution in [3.05, 3.63) is 34.9 Å². The van der Waals surface area contributed by atoms with Crippen LogP contribution in [0.15, 0.2) is 18.2 Å². The molecule has 1 aromatic rings. The van der Waals surface area contributed by atoms with Crippen LogP contribution >= 0.6 is 0 Å². The van der Waals surface area contributed by atoms with Crippen molar-refractivity contribution in [3.8, 4) is 0 Å². The van der Waals surface area contributed by atoms with E-state index in [1.165, 1.54) is 16.7 Å². The molecule has 2 N–H and O–H groups in total. The van der Waals surface area contributed by atoms with Crippen molar-refractivity contribution < 1.29 is 4.74 Å².